The maximum absolute atomic E-state index is 12.5. The van der Waals surface area contributed by atoms with E-state index in [9.17, 15) is 18.3 Å². The van der Waals surface area contributed by atoms with E-state index in [-0.39, 0.29) is 18.2 Å². The monoisotopic (exact) mass is 428 g/mol. The molecule has 0 spiro atoms. The number of nitrogens with two attached hydrogens (primary N) is 1. The summed E-state index contributed by atoms with van der Waals surface area (Å²) in [7, 11) is 1.59. The molecule has 30 heavy (non-hydrogen) atoms. The Morgan fingerprint density at radius 2 is 1.97 bits per heavy atom. The lowest BCUT2D eigenvalue weighted by Gasteiger charge is -2.20. The van der Waals surface area contributed by atoms with Crippen molar-refractivity contribution in [2.24, 2.45) is 5.73 Å². The molecular weight excluding hydrogens is 401 g/mol. The minimum Gasteiger partial charge on any atom is -0.507 e. The number of halogens is 3. The number of hydrogen-bond donors (Lipinski definition) is 3. The second-order valence-electron chi connectivity index (χ2n) is 6.84. The molecular formula is C20H27F3N4O3. The fourth-order valence-electron chi connectivity index (χ4n) is 2.97. The second-order valence-corrected chi connectivity index (χ2v) is 6.84. The third-order valence-corrected chi connectivity index (χ3v) is 4.62. The Balaban J connectivity index is 2.52. The van der Waals surface area contributed by atoms with Crippen molar-refractivity contribution in [2.75, 3.05) is 19.0 Å². The number of nitrogens with zero attached hydrogens (tertiary/aromatic N) is 2. The van der Waals surface area contributed by atoms with E-state index in [1.807, 2.05) is 13.8 Å². The van der Waals surface area contributed by atoms with Crippen LogP contribution in [-0.4, -0.2) is 41.4 Å². The predicted molar refractivity (Wildman–Crippen MR) is 107 cm³/mol. The van der Waals surface area contributed by atoms with Crippen LogP contribution in [0.25, 0.3) is 11.3 Å². The maximum atomic E-state index is 12.5. The van der Waals surface area contributed by atoms with Crippen LogP contribution in [0.3, 0.4) is 0 Å². The number of benzene rings is 1. The van der Waals surface area contributed by atoms with Crippen molar-refractivity contribution in [1.29, 1.82) is 0 Å². The quantitative estimate of drug-likeness (QED) is 0.492. The zero-order valence-electron chi connectivity index (χ0n) is 17.2. The summed E-state index contributed by atoms with van der Waals surface area (Å²) in [6.07, 6.45) is -2.77. The summed E-state index contributed by atoms with van der Waals surface area (Å²) in [6, 6.07) is 3.49. The first-order chi connectivity index (χ1) is 14.2. The van der Waals surface area contributed by atoms with E-state index in [1.165, 1.54) is 6.07 Å². The number of ether oxygens (including phenoxy) is 2. The number of aromatic hydroxyl groups is 1. The van der Waals surface area contributed by atoms with E-state index in [4.69, 9.17) is 10.5 Å². The molecule has 0 aliphatic carbocycles. The van der Waals surface area contributed by atoms with Crippen molar-refractivity contribution in [3.05, 3.63) is 29.3 Å². The van der Waals surface area contributed by atoms with Crippen LogP contribution in [0.1, 0.15) is 37.8 Å². The number of hydrogen-bond acceptors (Lipinski definition) is 7. The van der Waals surface area contributed by atoms with Gasteiger partial charge in [-0.25, -0.2) is 0 Å². The van der Waals surface area contributed by atoms with Gasteiger partial charge in [-0.05, 0) is 43.9 Å². The van der Waals surface area contributed by atoms with Crippen LogP contribution in [0.2, 0.25) is 0 Å². The molecule has 0 aliphatic heterocycles. The van der Waals surface area contributed by atoms with Gasteiger partial charge in [0.2, 0.25) is 0 Å². The first-order valence-electron chi connectivity index (χ1n) is 9.63. The van der Waals surface area contributed by atoms with E-state index in [2.05, 4.69) is 20.3 Å². The van der Waals surface area contributed by atoms with Gasteiger partial charge in [0.25, 0.3) is 0 Å². The number of phenols is 1. The molecule has 0 radical (unpaired) electrons. The minimum atomic E-state index is -4.85. The van der Waals surface area contributed by atoms with Crippen LogP contribution in [0.5, 0.6) is 11.5 Å². The Kier molecular flexibility index (Phi) is 8.24. The van der Waals surface area contributed by atoms with Crippen molar-refractivity contribution in [1.82, 2.24) is 10.2 Å². The Hall–Kier alpha value is -2.59. The van der Waals surface area contributed by atoms with Crippen LogP contribution in [-0.2, 0) is 17.7 Å². The lowest BCUT2D eigenvalue weighted by molar-refractivity contribution is -0.274. The highest BCUT2D eigenvalue weighted by molar-refractivity contribution is 5.73. The summed E-state index contributed by atoms with van der Waals surface area (Å²) in [4.78, 5) is 0. The van der Waals surface area contributed by atoms with Gasteiger partial charge < -0.3 is 25.6 Å². The molecule has 0 saturated heterocycles. The van der Waals surface area contributed by atoms with Gasteiger partial charge in [0.1, 0.15) is 17.2 Å². The lowest BCUT2D eigenvalue weighted by Crippen LogP contribution is -2.19. The van der Waals surface area contributed by atoms with Crippen LogP contribution in [0.4, 0.5) is 19.0 Å². The fourth-order valence-corrected chi connectivity index (χ4v) is 2.97. The normalized spacial score (nSPS) is 12.6. The van der Waals surface area contributed by atoms with Gasteiger partial charge >= 0.3 is 6.36 Å². The molecule has 2 aromatic rings. The van der Waals surface area contributed by atoms with Crippen molar-refractivity contribution in [3.63, 3.8) is 0 Å². The topological polar surface area (TPSA) is 103 Å². The highest BCUT2D eigenvalue weighted by Gasteiger charge is 2.31. The number of phenolic OH excluding ortho intramolecular Hbond substituents is 1. The number of rotatable bonds is 10. The number of alkyl halides is 3. The van der Waals surface area contributed by atoms with Crippen LogP contribution in [0, 0.1) is 0 Å². The molecule has 0 bridgehead atoms. The largest absolute Gasteiger partial charge is 0.573 e. The summed E-state index contributed by atoms with van der Waals surface area (Å²) in [6.45, 7) is 4.72. The fraction of sp³-hybridized carbons (Fsp3) is 0.500. The zero-order chi connectivity index (χ0) is 22.3. The Labute approximate surface area is 173 Å². The molecule has 7 nitrogen and oxygen atoms in total. The van der Waals surface area contributed by atoms with E-state index < -0.39 is 17.9 Å². The number of methoxy groups -OCH3 is 1. The molecule has 166 valence electrons. The van der Waals surface area contributed by atoms with E-state index in [0.29, 0.717) is 31.0 Å². The van der Waals surface area contributed by atoms with E-state index >= 15 is 0 Å². The molecule has 4 N–H and O–H groups in total. The summed E-state index contributed by atoms with van der Waals surface area (Å²) in [5.74, 6) is -0.365. The first-order valence-corrected chi connectivity index (χ1v) is 9.63. The molecule has 10 heteroatoms. The molecule has 1 unspecified atom stereocenters. The average molecular weight is 428 g/mol. The third-order valence-electron chi connectivity index (χ3n) is 4.62. The van der Waals surface area contributed by atoms with Crippen LogP contribution < -0.4 is 15.8 Å². The van der Waals surface area contributed by atoms with Gasteiger partial charge in [0.15, 0.2) is 5.82 Å². The molecule has 1 heterocycles. The summed E-state index contributed by atoms with van der Waals surface area (Å²) in [5.41, 5.74) is 8.11. The predicted octanol–water partition coefficient (Wildman–Crippen LogP) is 4.00. The Morgan fingerprint density at radius 1 is 1.23 bits per heavy atom. The van der Waals surface area contributed by atoms with Crippen molar-refractivity contribution < 1.29 is 27.8 Å². The standard InChI is InChI=1S/C20H27F3N4O3/c1-4-12(2)25-19-16(11-24)14(6-5-9-29-3)18(26-27-19)15-8-7-13(10-17(15)28)30-20(21,22)23/h7-8,10,12,28H,4-6,9,11,24H2,1-3H3,(H,25,27). The van der Waals surface area contributed by atoms with Crippen molar-refractivity contribution in [2.45, 2.75) is 52.1 Å². The van der Waals surface area contributed by atoms with E-state index in [1.54, 1.807) is 7.11 Å². The molecule has 1 aromatic heterocycles. The second kappa shape index (κ2) is 10.4. The summed E-state index contributed by atoms with van der Waals surface area (Å²) in [5, 5.41) is 22.1. The van der Waals surface area contributed by atoms with Crippen molar-refractivity contribution in [3.8, 4) is 22.8 Å². The summed E-state index contributed by atoms with van der Waals surface area (Å²) < 4.78 is 46.3. The maximum Gasteiger partial charge on any atom is 0.573 e. The highest BCUT2D eigenvalue weighted by atomic mass is 19.4. The van der Waals surface area contributed by atoms with Gasteiger partial charge in [-0.1, -0.05) is 6.92 Å². The number of aromatic nitrogens is 2. The lowest BCUT2D eigenvalue weighted by atomic mass is 9.97. The van der Waals surface area contributed by atoms with Crippen LogP contribution in [0.15, 0.2) is 18.2 Å². The van der Waals surface area contributed by atoms with Crippen LogP contribution >= 0.6 is 0 Å². The number of anilines is 1. The van der Waals surface area contributed by atoms with Crippen molar-refractivity contribution >= 4 is 5.82 Å². The Bertz CT molecular complexity index is 847. The SMILES string of the molecule is CCC(C)Nc1nnc(-c2ccc(OC(F)(F)F)cc2O)c(CCCOC)c1CN. The molecule has 2 rings (SSSR count). The molecule has 1 aromatic carbocycles. The van der Waals surface area contributed by atoms with Gasteiger partial charge in [0, 0.05) is 43.5 Å². The molecule has 1 atom stereocenters. The Morgan fingerprint density at radius 3 is 2.53 bits per heavy atom. The zero-order valence-corrected chi connectivity index (χ0v) is 17.2. The third kappa shape index (κ3) is 6.20. The van der Waals surface area contributed by atoms with E-state index in [0.717, 1.165) is 29.7 Å². The molecule has 0 fully saturated rings. The van der Waals surface area contributed by atoms with Gasteiger partial charge in [0.05, 0.1) is 0 Å². The average Bonchev–Trinajstić information content (AvgIpc) is 2.67. The molecule has 0 aliphatic rings. The van der Waals surface area contributed by atoms with Gasteiger partial charge in [-0.15, -0.1) is 23.4 Å². The minimum absolute atomic E-state index is 0.148. The highest BCUT2D eigenvalue weighted by Crippen LogP contribution is 2.37. The molecule has 0 amide bonds. The van der Waals surface area contributed by atoms with Gasteiger partial charge in [-0.3, -0.25) is 0 Å². The summed E-state index contributed by atoms with van der Waals surface area (Å²) >= 11 is 0. The smallest absolute Gasteiger partial charge is 0.507 e. The first kappa shape index (κ1) is 23.7. The van der Waals surface area contributed by atoms with Gasteiger partial charge in [-0.2, -0.15) is 0 Å². The number of nitrogens with one attached hydrogen (secondary N) is 1. The molecule has 0 saturated carbocycles.